The minimum atomic E-state index is 0.138. The van der Waals surface area contributed by atoms with Gasteiger partial charge in [-0.25, -0.2) is 4.98 Å². The molecule has 3 nitrogen and oxygen atoms in total. The Bertz CT molecular complexity index is 516. The van der Waals surface area contributed by atoms with Gasteiger partial charge in [0.25, 0.3) is 0 Å². The maximum atomic E-state index is 12.4. The summed E-state index contributed by atoms with van der Waals surface area (Å²) in [6, 6.07) is 3.82. The maximum absolute atomic E-state index is 12.4. The fourth-order valence-electron chi connectivity index (χ4n) is 2.25. The zero-order valence-corrected chi connectivity index (χ0v) is 10.4. The van der Waals surface area contributed by atoms with Crippen molar-refractivity contribution in [1.29, 1.82) is 0 Å². The van der Waals surface area contributed by atoms with Crippen molar-refractivity contribution in [1.82, 2.24) is 9.97 Å². The highest BCUT2D eigenvalue weighted by Gasteiger charge is 2.20. The molecule has 0 saturated heterocycles. The number of carbonyl (C=O) groups is 1. The Labute approximate surface area is 101 Å². The molecule has 1 N–H and O–H groups in total. The summed E-state index contributed by atoms with van der Waals surface area (Å²) in [5.74, 6) is 0.382. The number of rotatable bonds is 5. The summed E-state index contributed by atoms with van der Waals surface area (Å²) in [4.78, 5) is 19.7. The van der Waals surface area contributed by atoms with Gasteiger partial charge in [0.15, 0.2) is 5.78 Å². The molecule has 1 unspecified atom stereocenters. The van der Waals surface area contributed by atoms with Crippen molar-refractivity contribution in [3.05, 3.63) is 30.1 Å². The standard InChI is InChI=1S/C14H18N2O/c1-3-6-10(4-2)13(17)12-9-16-14-11(12)7-5-8-15-14/h5,7-10H,3-4,6H2,1-2H3,(H,15,16). The molecule has 0 aliphatic rings. The van der Waals surface area contributed by atoms with Gasteiger partial charge < -0.3 is 4.98 Å². The molecule has 1 atom stereocenters. The van der Waals surface area contributed by atoms with Crippen molar-refractivity contribution in [2.24, 2.45) is 5.92 Å². The number of hydrogen-bond acceptors (Lipinski definition) is 2. The number of H-pyrrole nitrogens is 1. The van der Waals surface area contributed by atoms with E-state index in [0.717, 1.165) is 35.9 Å². The zero-order chi connectivity index (χ0) is 12.3. The van der Waals surface area contributed by atoms with Gasteiger partial charge in [0.05, 0.1) is 0 Å². The Balaban J connectivity index is 2.36. The Morgan fingerprint density at radius 3 is 3.00 bits per heavy atom. The highest BCUT2D eigenvalue weighted by molar-refractivity contribution is 6.08. The highest BCUT2D eigenvalue weighted by Crippen LogP contribution is 2.23. The van der Waals surface area contributed by atoms with E-state index < -0.39 is 0 Å². The van der Waals surface area contributed by atoms with Gasteiger partial charge in [0, 0.05) is 29.3 Å². The number of fused-ring (bicyclic) bond motifs is 1. The normalized spacial score (nSPS) is 12.8. The molecule has 0 aliphatic heterocycles. The maximum Gasteiger partial charge on any atom is 0.168 e. The predicted molar refractivity (Wildman–Crippen MR) is 69.1 cm³/mol. The Morgan fingerprint density at radius 2 is 2.29 bits per heavy atom. The Hall–Kier alpha value is -1.64. The fraction of sp³-hybridized carbons (Fsp3) is 0.429. The molecule has 0 radical (unpaired) electrons. The highest BCUT2D eigenvalue weighted by atomic mass is 16.1. The lowest BCUT2D eigenvalue weighted by Crippen LogP contribution is -2.13. The first-order valence-corrected chi connectivity index (χ1v) is 6.24. The van der Waals surface area contributed by atoms with Crippen LogP contribution in [0.3, 0.4) is 0 Å². The second kappa shape index (κ2) is 5.13. The molecule has 2 aromatic heterocycles. The molecular formula is C14H18N2O. The second-order valence-electron chi connectivity index (χ2n) is 4.36. The number of Topliss-reactive ketones (excluding diaryl/α,β-unsaturated/α-hetero) is 1. The van der Waals surface area contributed by atoms with Gasteiger partial charge in [0.1, 0.15) is 5.65 Å². The van der Waals surface area contributed by atoms with Gasteiger partial charge in [0.2, 0.25) is 0 Å². The van der Waals surface area contributed by atoms with E-state index in [9.17, 15) is 4.79 Å². The monoisotopic (exact) mass is 230 g/mol. The van der Waals surface area contributed by atoms with Crippen molar-refractivity contribution in [2.75, 3.05) is 0 Å². The Kier molecular flexibility index (Phi) is 3.57. The van der Waals surface area contributed by atoms with E-state index in [1.54, 1.807) is 12.4 Å². The van der Waals surface area contributed by atoms with Crippen LogP contribution in [-0.2, 0) is 0 Å². The number of carbonyl (C=O) groups excluding carboxylic acids is 1. The molecule has 17 heavy (non-hydrogen) atoms. The summed E-state index contributed by atoms with van der Waals surface area (Å²) in [6.45, 7) is 4.19. The average molecular weight is 230 g/mol. The minimum absolute atomic E-state index is 0.138. The summed E-state index contributed by atoms with van der Waals surface area (Å²) in [6.07, 6.45) is 6.43. The van der Waals surface area contributed by atoms with Crippen molar-refractivity contribution in [2.45, 2.75) is 33.1 Å². The number of ketones is 1. The van der Waals surface area contributed by atoms with Crippen LogP contribution in [0.4, 0.5) is 0 Å². The van der Waals surface area contributed by atoms with Crippen LogP contribution in [0.5, 0.6) is 0 Å². The van der Waals surface area contributed by atoms with Crippen LogP contribution in [0, 0.1) is 5.92 Å². The molecule has 0 aliphatic carbocycles. The number of aromatic nitrogens is 2. The van der Waals surface area contributed by atoms with E-state index in [1.165, 1.54) is 0 Å². The second-order valence-corrected chi connectivity index (χ2v) is 4.36. The van der Waals surface area contributed by atoms with E-state index in [0.29, 0.717) is 0 Å². The van der Waals surface area contributed by atoms with Crippen LogP contribution in [0.1, 0.15) is 43.5 Å². The quantitative estimate of drug-likeness (QED) is 0.798. The van der Waals surface area contributed by atoms with Crippen molar-refractivity contribution in [3.63, 3.8) is 0 Å². The molecule has 0 aromatic carbocycles. The van der Waals surface area contributed by atoms with Gasteiger partial charge in [-0.3, -0.25) is 4.79 Å². The van der Waals surface area contributed by atoms with Crippen molar-refractivity contribution >= 4 is 16.8 Å². The van der Waals surface area contributed by atoms with Gasteiger partial charge in [-0.2, -0.15) is 0 Å². The molecule has 2 rings (SSSR count). The summed E-state index contributed by atoms with van der Waals surface area (Å²) >= 11 is 0. The average Bonchev–Trinajstić information content (AvgIpc) is 2.79. The Morgan fingerprint density at radius 1 is 1.47 bits per heavy atom. The third-order valence-corrected chi connectivity index (χ3v) is 3.22. The molecule has 0 saturated carbocycles. The number of pyridine rings is 1. The lowest BCUT2D eigenvalue weighted by atomic mass is 9.91. The lowest BCUT2D eigenvalue weighted by Gasteiger charge is -2.11. The fourth-order valence-corrected chi connectivity index (χ4v) is 2.25. The molecule has 2 aromatic rings. The number of nitrogens with zero attached hydrogens (tertiary/aromatic N) is 1. The molecule has 0 amide bonds. The first-order chi connectivity index (χ1) is 8.27. The minimum Gasteiger partial charge on any atom is -0.345 e. The van der Waals surface area contributed by atoms with Crippen LogP contribution in [0.25, 0.3) is 11.0 Å². The van der Waals surface area contributed by atoms with E-state index in [2.05, 4.69) is 23.8 Å². The molecule has 2 heterocycles. The topological polar surface area (TPSA) is 45.8 Å². The summed E-state index contributed by atoms with van der Waals surface area (Å²) in [5.41, 5.74) is 1.58. The van der Waals surface area contributed by atoms with Crippen molar-refractivity contribution < 1.29 is 4.79 Å². The molecule has 0 fully saturated rings. The lowest BCUT2D eigenvalue weighted by molar-refractivity contribution is 0.0911. The van der Waals surface area contributed by atoms with Crippen LogP contribution < -0.4 is 0 Å². The van der Waals surface area contributed by atoms with Crippen molar-refractivity contribution in [3.8, 4) is 0 Å². The molecular weight excluding hydrogens is 212 g/mol. The third kappa shape index (κ3) is 2.23. The van der Waals surface area contributed by atoms with Crippen LogP contribution in [0.15, 0.2) is 24.5 Å². The van der Waals surface area contributed by atoms with Crippen LogP contribution >= 0.6 is 0 Å². The zero-order valence-electron chi connectivity index (χ0n) is 10.4. The first kappa shape index (κ1) is 11.8. The van der Waals surface area contributed by atoms with E-state index in [-0.39, 0.29) is 11.7 Å². The smallest absolute Gasteiger partial charge is 0.168 e. The number of hydrogen-bond donors (Lipinski definition) is 1. The van der Waals surface area contributed by atoms with Gasteiger partial charge in [-0.15, -0.1) is 0 Å². The SMILES string of the molecule is CCCC(CC)C(=O)c1c[nH]c2ncccc12. The van der Waals surface area contributed by atoms with E-state index in [4.69, 9.17) is 0 Å². The van der Waals surface area contributed by atoms with E-state index in [1.807, 2.05) is 12.1 Å². The largest absolute Gasteiger partial charge is 0.345 e. The number of aromatic amines is 1. The predicted octanol–water partition coefficient (Wildman–Crippen LogP) is 3.57. The molecule has 0 bridgehead atoms. The molecule has 3 heteroatoms. The van der Waals surface area contributed by atoms with Crippen LogP contribution in [-0.4, -0.2) is 15.8 Å². The van der Waals surface area contributed by atoms with Gasteiger partial charge >= 0.3 is 0 Å². The van der Waals surface area contributed by atoms with Crippen LogP contribution in [0.2, 0.25) is 0 Å². The van der Waals surface area contributed by atoms with E-state index >= 15 is 0 Å². The first-order valence-electron chi connectivity index (χ1n) is 6.24. The molecule has 0 spiro atoms. The summed E-state index contributed by atoms with van der Waals surface area (Å²) < 4.78 is 0. The van der Waals surface area contributed by atoms with Gasteiger partial charge in [-0.1, -0.05) is 20.3 Å². The van der Waals surface area contributed by atoms with Gasteiger partial charge in [-0.05, 0) is 25.0 Å². The summed E-state index contributed by atoms with van der Waals surface area (Å²) in [5, 5.41) is 0.937. The number of nitrogens with one attached hydrogen (secondary N) is 1. The molecule has 90 valence electrons. The third-order valence-electron chi connectivity index (χ3n) is 3.22. The summed E-state index contributed by atoms with van der Waals surface area (Å²) in [7, 11) is 0.